The lowest BCUT2D eigenvalue weighted by Gasteiger charge is -2.22. The lowest BCUT2D eigenvalue weighted by atomic mass is 10.0. The van der Waals surface area contributed by atoms with E-state index in [2.05, 4.69) is 11.4 Å². The quantitative estimate of drug-likeness (QED) is 0.825. The van der Waals surface area contributed by atoms with Gasteiger partial charge in [0.25, 0.3) is 0 Å². The zero-order valence-electron chi connectivity index (χ0n) is 12.3. The Morgan fingerprint density at radius 1 is 1.25 bits per heavy atom. The molecule has 20 heavy (non-hydrogen) atoms. The zero-order valence-corrected chi connectivity index (χ0v) is 12.3. The molecule has 1 N–H and O–H groups in total. The van der Waals surface area contributed by atoms with Gasteiger partial charge in [-0.15, -0.1) is 0 Å². The van der Waals surface area contributed by atoms with Crippen LogP contribution in [0.2, 0.25) is 0 Å². The summed E-state index contributed by atoms with van der Waals surface area (Å²) in [6, 6.07) is 10.4. The first-order chi connectivity index (χ1) is 9.85. The third kappa shape index (κ3) is 3.98. The Balaban J connectivity index is 2.09. The Morgan fingerprint density at radius 3 is 2.60 bits per heavy atom. The second-order valence-electron chi connectivity index (χ2n) is 5.39. The molecule has 0 amide bonds. The van der Waals surface area contributed by atoms with Gasteiger partial charge in [0.15, 0.2) is 0 Å². The number of hydrogen-bond acceptors (Lipinski definition) is 3. The first-order valence-corrected chi connectivity index (χ1v) is 7.72. The number of rotatable bonds is 5. The smallest absolute Gasteiger partial charge is 0.125 e. The Labute approximate surface area is 121 Å². The minimum atomic E-state index is -0.277. The van der Waals surface area contributed by atoms with Crippen molar-refractivity contribution in [1.29, 1.82) is 5.26 Å². The van der Waals surface area contributed by atoms with Crippen LogP contribution in [-0.4, -0.2) is 12.6 Å². The average molecular weight is 272 g/mol. The summed E-state index contributed by atoms with van der Waals surface area (Å²) in [7, 11) is 0. The molecule has 2 rings (SSSR count). The molecule has 1 aliphatic rings. The van der Waals surface area contributed by atoms with Gasteiger partial charge in [-0.05, 0) is 25.8 Å². The summed E-state index contributed by atoms with van der Waals surface area (Å²) >= 11 is 0. The van der Waals surface area contributed by atoms with Crippen LogP contribution in [0.3, 0.4) is 0 Å². The summed E-state index contributed by atoms with van der Waals surface area (Å²) < 4.78 is 5.64. The molecule has 0 saturated heterocycles. The Morgan fingerprint density at radius 2 is 1.95 bits per heavy atom. The van der Waals surface area contributed by atoms with Gasteiger partial charge in [0, 0.05) is 11.6 Å². The standard InChI is InChI=1S/C17H24N2O/c1-2-20-17-12-8-7-11-15(17)16(13-18)19-14-9-5-3-4-6-10-14/h7-8,11-12,14,16,19H,2-6,9-10H2,1H3. The largest absolute Gasteiger partial charge is 0.493 e. The highest BCUT2D eigenvalue weighted by atomic mass is 16.5. The van der Waals surface area contributed by atoms with Crippen molar-refractivity contribution in [2.24, 2.45) is 0 Å². The van der Waals surface area contributed by atoms with Gasteiger partial charge in [-0.25, -0.2) is 0 Å². The predicted molar refractivity (Wildman–Crippen MR) is 80.6 cm³/mol. The first kappa shape index (κ1) is 14.9. The van der Waals surface area contributed by atoms with Gasteiger partial charge in [-0.2, -0.15) is 5.26 Å². The van der Waals surface area contributed by atoms with Crippen molar-refractivity contribution in [3.05, 3.63) is 29.8 Å². The topological polar surface area (TPSA) is 45.0 Å². The number of ether oxygens (including phenoxy) is 1. The molecule has 1 atom stereocenters. The lowest BCUT2D eigenvalue weighted by molar-refractivity contribution is 0.331. The number of nitriles is 1. The van der Waals surface area contributed by atoms with E-state index in [4.69, 9.17) is 4.74 Å². The fourth-order valence-corrected chi connectivity index (χ4v) is 2.88. The van der Waals surface area contributed by atoms with E-state index in [-0.39, 0.29) is 6.04 Å². The number of nitrogens with zero attached hydrogens (tertiary/aromatic N) is 1. The molecule has 0 aliphatic heterocycles. The SMILES string of the molecule is CCOc1ccccc1C(C#N)NC1CCCCCC1. The highest BCUT2D eigenvalue weighted by Gasteiger charge is 2.20. The molecule has 1 fully saturated rings. The van der Waals surface area contributed by atoms with Crippen LogP contribution >= 0.6 is 0 Å². The van der Waals surface area contributed by atoms with E-state index in [0.29, 0.717) is 12.6 Å². The summed E-state index contributed by atoms with van der Waals surface area (Å²) in [5, 5.41) is 13.0. The van der Waals surface area contributed by atoms with E-state index >= 15 is 0 Å². The molecule has 3 nitrogen and oxygen atoms in total. The van der Waals surface area contributed by atoms with Crippen molar-refractivity contribution in [2.45, 2.75) is 57.5 Å². The van der Waals surface area contributed by atoms with Crippen LogP contribution in [0.4, 0.5) is 0 Å². The van der Waals surface area contributed by atoms with Crippen molar-refractivity contribution in [3.8, 4) is 11.8 Å². The van der Waals surface area contributed by atoms with Gasteiger partial charge >= 0.3 is 0 Å². The number of nitrogens with one attached hydrogen (secondary N) is 1. The summed E-state index contributed by atoms with van der Waals surface area (Å²) in [4.78, 5) is 0. The van der Waals surface area contributed by atoms with Gasteiger partial charge in [0.1, 0.15) is 11.8 Å². The van der Waals surface area contributed by atoms with Gasteiger partial charge in [-0.1, -0.05) is 43.9 Å². The Kier molecular flexibility index (Phi) is 5.88. The van der Waals surface area contributed by atoms with Crippen LogP contribution < -0.4 is 10.1 Å². The summed E-state index contributed by atoms with van der Waals surface area (Å²) in [5.41, 5.74) is 0.959. The minimum absolute atomic E-state index is 0.277. The van der Waals surface area contributed by atoms with Crippen LogP contribution in [0.5, 0.6) is 5.75 Å². The van der Waals surface area contributed by atoms with Crippen molar-refractivity contribution >= 4 is 0 Å². The third-order valence-corrected chi connectivity index (χ3v) is 3.92. The summed E-state index contributed by atoms with van der Waals surface area (Å²) in [5.74, 6) is 0.822. The lowest BCUT2D eigenvalue weighted by Crippen LogP contribution is -2.32. The number of para-hydroxylation sites is 1. The highest BCUT2D eigenvalue weighted by Crippen LogP contribution is 2.27. The molecule has 108 valence electrons. The third-order valence-electron chi connectivity index (χ3n) is 3.92. The van der Waals surface area contributed by atoms with E-state index in [1.54, 1.807) is 0 Å². The Bertz CT molecular complexity index is 445. The molecular weight excluding hydrogens is 248 g/mol. The number of hydrogen-bond donors (Lipinski definition) is 1. The fraction of sp³-hybridized carbons (Fsp3) is 0.588. The zero-order chi connectivity index (χ0) is 14.2. The maximum Gasteiger partial charge on any atom is 0.125 e. The molecule has 0 bridgehead atoms. The molecule has 1 aromatic carbocycles. The second kappa shape index (κ2) is 7.91. The van der Waals surface area contributed by atoms with E-state index in [1.165, 1.54) is 38.5 Å². The van der Waals surface area contributed by atoms with Crippen LogP contribution in [0.25, 0.3) is 0 Å². The van der Waals surface area contributed by atoms with Gasteiger partial charge < -0.3 is 4.74 Å². The molecule has 1 aromatic rings. The van der Waals surface area contributed by atoms with Crippen LogP contribution in [0, 0.1) is 11.3 Å². The minimum Gasteiger partial charge on any atom is -0.493 e. The van der Waals surface area contributed by atoms with Gasteiger partial charge in [-0.3, -0.25) is 5.32 Å². The second-order valence-corrected chi connectivity index (χ2v) is 5.39. The van der Waals surface area contributed by atoms with Gasteiger partial charge in [0.05, 0.1) is 12.7 Å². The maximum absolute atomic E-state index is 9.51. The van der Waals surface area contributed by atoms with E-state index in [9.17, 15) is 5.26 Å². The summed E-state index contributed by atoms with van der Waals surface area (Å²) in [6.45, 7) is 2.59. The normalized spacial score (nSPS) is 18.0. The maximum atomic E-state index is 9.51. The van der Waals surface area contributed by atoms with Crippen molar-refractivity contribution < 1.29 is 4.74 Å². The molecule has 1 aliphatic carbocycles. The van der Waals surface area contributed by atoms with Crippen molar-refractivity contribution in [3.63, 3.8) is 0 Å². The highest BCUT2D eigenvalue weighted by molar-refractivity contribution is 5.38. The molecule has 1 unspecified atom stereocenters. The average Bonchev–Trinajstić information content (AvgIpc) is 2.74. The molecule has 0 spiro atoms. The van der Waals surface area contributed by atoms with Crippen molar-refractivity contribution in [1.82, 2.24) is 5.32 Å². The predicted octanol–water partition coefficient (Wildman–Crippen LogP) is 3.96. The van der Waals surface area contributed by atoms with E-state index in [1.807, 2.05) is 31.2 Å². The molecule has 0 radical (unpaired) electrons. The van der Waals surface area contributed by atoms with Crippen LogP contribution in [0.15, 0.2) is 24.3 Å². The molecular formula is C17H24N2O. The fourth-order valence-electron chi connectivity index (χ4n) is 2.88. The van der Waals surface area contributed by atoms with Gasteiger partial charge in [0.2, 0.25) is 0 Å². The molecule has 1 saturated carbocycles. The van der Waals surface area contributed by atoms with E-state index < -0.39 is 0 Å². The monoisotopic (exact) mass is 272 g/mol. The molecule has 0 aromatic heterocycles. The summed E-state index contributed by atoms with van der Waals surface area (Å²) in [6.07, 6.45) is 7.53. The molecule has 3 heteroatoms. The van der Waals surface area contributed by atoms with Crippen LogP contribution in [-0.2, 0) is 0 Å². The molecule has 0 heterocycles. The first-order valence-electron chi connectivity index (χ1n) is 7.72. The van der Waals surface area contributed by atoms with Crippen molar-refractivity contribution in [2.75, 3.05) is 6.61 Å². The van der Waals surface area contributed by atoms with E-state index in [0.717, 1.165) is 11.3 Å². The van der Waals surface area contributed by atoms with Crippen LogP contribution in [0.1, 0.15) is 57.1 Å². The Hall–Kier alpha value is -1.53. The number of benzene rings is 1.